The third kappa shape index (κ3) is 4.58. The molecule has 6 nitrogen and oxygen atoms in total. The van der Waals surface area contributed by atoms with Crippen molar-refractivity contribution >= 4 is 12.0 Å². The van der Waals surface area contributed by atoms with Crippen LogP contribution in [0.2, 0.25) is 0 Å². The van der Waals surface area contributed by atoms with Crippen LogP contribution < -0.4 is 10.6 Å². The molecule has 0 aromatic carbocycles. The standard InChI is InChI=1S/C10H18F3N3O3/c1-6(16(3)4)5-14-8(19)15-9(2,7(17)18)10(11,12)13/h6H,5H2,1-4H3,(H,17,18)(H2,14,15,19). The average Bonchev–Trinajstić information content (AvgIpc) is 2.23. The number of nitrogens with one attached hydrogen (secondary N) is 2. The number of nitrogens with zero attached hydrogens (tertiary/aromatic N) is 1. The summed E-state index contributed by atoms with van der Waals surface area (Å²) in [6.45, 7) is 2.23. The van der Waals surface area contributed by atoms with Gasteiger partial charge >= 0.3 is 18.2 Å². The van der Waals surface area contributed by atoms with Crippen LogP contribution in [0.4, 0.5) is 18.0 Å². The minimum absolute atomic E-state index is 0.0897. The molecule has 0 radical (unpaired) electrons. The molecule has 112 valence electrons. The van der Waals surface area contributed by atoms with Gasteiger partial charge in [0.1, 0.15) is 0 Å². The van der Waals surface area contributed by atoms with E-state index in [2.05, 4.69) is 5.32 Å². The number of amides is 2. The number of halogens is 3. The number of aliphatic carboxylic acids is 1. The summed E-state index contributed by atoms with van der Waals surface area (Å²) >= 11 is 0. The fourth-order valence-electron chi connectivity index (χ4n) is 0.940. The van der Waals surface area contributed by atoms with E-state index in [1.807, 2.05) is 0 Å². The summed E-state index contributed by atoms with van der Waals surface area (Å²) in [7, 11) is 3.47. The first-order valence-electron chi connectivity index (χ1n) is 5.44. The monoisotopic (exact) mass is 285 g/mol. The van der Waals surface area contributed by atoms with Crippen LogP contribution >= 0.6 is 0 Å². The zero-order valence-electron chi connectivity index (χ0n) is 11.1. The predicted molar refractivity (Wildman–Crippen MR) is 61.8 cm³/mol. The summed E-state index contributed by atoms with van der Waals surface area (Å²) < 4.78 is 37.8. The summed E-state index contributed by atoms with van der Waals surface area (Å²) in [4.78, 5) is 23.8. The van der Waals surface area contributed by atoms with Crippen LogP contribution in [0.3, 0.4) is 0 Å². The van der Waals surface area contributed by atoms with Gasteiger partial charge < -0.3 is 20.6 Å². The maximum atomic E-state index is 12.6. The second-order valence-corrected chi connectivity index (χ2v) is 4.58. The van der Waals surface area contributed by atoms with E-state index >= 15 is 0 Å². The highest BCUT2D eigenvalue weighted by Gasteiger charge is 2.58. The van der Waals surface area contributed by atoms with Gasteiger partial charge in [0.05, 0.1) is 0 Å². The normalized spacial score (nSPS) is 16.6. The van der Waals surface area contributed by atoms with Crippen molar-refractivity contribution in [2.45, 2.75) is 31.6 Å². The minimum atomic E-state index is -5.09. The van der Waals surface area contributed by atoms with Crippen LogP contribution in [0.15, 0.2) is 0 Å². The first-order valence-corrected chi connectivity index (χ1v) is 5.44. The Hall–Kier alpha value is -1.51. The number of hydrogen-bond donors (Lipinski definition) is 3. The number of likely N-dealkylation sites (N-methyl/N-ethyl adjacent to an activating group) is 1. The molecule has 2 amide bonds. The van der Waals surface area contributed by atoms with Crippen LogP contribution in [0.25, 0.3) is 0 Å². The van der Waals surface area contributed by atoms with E-state index in [1.165, 1.54) is 5.32 Å². The number of carboxylic acid groups (broad SMARTS) is 1. The Balaban J connectivity index is 4.64. The van der Waals surface area contributed by atoms with Gasteiger partial charge in [0.25, 0.3) is 0 Å². The Bertz CT molecular complexity index is 347. The van der Waals surface area contributed by atoms with E-state index < -0.39 is 23.7 Å². The molecule has 2 atom stereocenters. The molecule has 0 saturated carbocycles. The number of carbonyl (C=O) groups excluding carboxylic acids is 1. The molecule has 3 N–H and O–H groups in total. The summed E-state index contributed by atoms with van der Waals surface area (Å²) in [5.74, 6) is -2.17. The lowest BCUT2D eigenvalue weighted by Crippen LogP contribution is -2.64. The van der Waals surface area contributed by atoms with Gasteiger partial charge in [-0.3, -0.25) is 0 Å². The summed E-state index contributed by atoms with van der Waals surface area (Å²) in [5, 5.41) is 12.2. The quantitative estimate of drug-likeness (QED) is 0.692. The molecule has 0 spiro atoms. The molecule has 0 aliphatic carbocycles. The minimum Gasteiger partial charge on any atom is -0.479 e. The summed E-state index contributed by atoms with van der Waals surface area (Å²) in [6.07, 6.45) is -5.09. The van der Waals surface area contributed by atoms with Gasteiger partial charge in [-0.15, -0.1) is 0 Å². The van der Waals surface area contributed by atoms with Crippen LogP contribution in [0.5, 0.6) is 0 Å². The van der Waals surface area contributed by atoms with Crippen LogP contribution in [0, 0.1) is 0 Å². The summed E-state index contributed by atoms with van der Waals surface area (Å²) in [6, 6.07) is -1.29. The summed E-state index contributed by atoms with van der Waals surface area (Å²) in [5.41, 5.74) is -3.32. The highest BCUT2D eigenvalue weighted by molar-refractivity contribution is 5.86. The van der Waals surface area contributed by atoms with E-state index in [9.17, 15) is 22.8 Å². The second kappa shape index (κ2) is 6.09. The van der Waals surface area contributed by atoms with Gasteiger partial charge in [-0.25, -0.2) is 9.59 Å². The van der Waals surface area contributed by atoms with Gasteiger partial charge in [-0.1, -0.05) is 0 Å². The van der Waals surface area contributed by atoms with Gasteiger partial charge in [-0.2, -0.15) is 13.2 Å². The number of carboxylic acids is 1. The molecule has 0 aliphatic rings. The highest BCUT2D eigenvalue weighted by atomic mass is 19.4. The molecule has 0 aliphatic heterocycles. The molecule has 0 saturated heterocycles. The third-order valence-corrected chi connectivity index (χ3v) is 2.80. The van der Waals surface area contributed by atoms with Crippen LogP contribution in [0.1, 0.15) is 13.8 Å². The average molecular weight is 285 g/mol. The van der Waals surface area contributed by atoms with Crippen molar-refractivity contribution in [1.82, 2.24) is 15.5 Å². The van der Waals surface area contributed by atoms with Crippen molar-refractivity contribution in [3.8, 4) is 0 Å². The number of rotatable bonds is 5. The first kappa shape index (κ1) is 17.5. The SMILES string of the molecule is CC(CNC(=O)NC(C)(C(=O)O)C(F)(F)F)N(C)C. The molecule has 0 heterocycles. The maximum Gasteiger partial charge on any atom is 0.422 e. The molecule has 2 unspecified atom stereocenters. The van der Waals surface area contributed by atoms with E-state index in [4.69, 9.17) is 5.11 Å². The Morgan fingerprint density at radius 2 is 1.79 bits per heavy atom. The molecule has 19 heavy (non-hydrogen) atoms. The molecule has 9 heteroatoms. The Labute approximate surface area is 108 Å². The molecule has 0 aromatic heterocycles. The van der Waals surface area contributed by atoms with E-state index in [0.717, 1.165) is 0 Å². The zero-order chi connectivity index (χ0) is 15.4. The van der Waals surface area contributed by atoms with Crippen molar-refractivity contribution in [2.24, 2.45) is 0 Å². The second-order valence-electron chi connectivity index (χ2n) is 4.58. The van der Waals surface area contributed by atoms with Crippen molar-refractivity contribution in [3.05, 3.63) is 0 Å². The Morgan fingerprint density at radius 3 is 2.11 bits per heavy atom. The van der Waals surface area contributed by atoms with Crippen molar-refractivity contribution < 1.29 is 27.9 Å². The van der Waals surface area contributed by atoms with E-state index in [1.54, 1.807) is 25.9 Å². The lowest BCUT2D eigenvalue weighted by molar-refractivity contribution is -0.203. The molecule has 0 aromatic rings. The van der Waals surface area contributed by atoms with Crippen molar-refractivity contribution in [3.63, 3.8) is 0 Å². The molecular formula is C10H18F3N3O3. The first-order chi connectivity index (χ1) is 8.41. The number of alkyl halides is 3. The topological polar surface area (TPSA) is 81.7 Å². The van der Waals surface area contributed by atoms with Crippen molar-refractivity contribution in [1.29, 1.82) is 0 Å². The fraction of sp³-hybridized carbons (Fsp3) is 0.800. The van der Waals surface area contributed by atoms with Crippen molar-refractivity contribution in [2.75, 3.05) is 20.6 Å². The van der Waals surface area contributed by atoms with E-state index in [-0.39, 0.29) is 12.6 Å². The molecular weight excluding hydrogens is 267 g/mol. The van der Waals surface area contributed by atoms with Gasteiger partial charge in [0.2, 0.25) is 5.54 Å². The molecule has 0 bridgehead atoms. The lowest BCUT2D eigenvalue weighted by Gasteiger charge is -2.29. The molecule has 0 fully saturated rings. The zero-order valence-corrected chi connectivity index (χ0v) is 11.1. The predicted octanol–water partition coefficient (Wildman–Crippen LogP) is 0.641. The maximum absolute atomic E-state index is 12.6. The van der Waals surface area contributed by atoms with E-state index in [0.29, 0.717) is 6.92 Å². The fourth-order valence-corrected chi connectivity index (χ4v) is 0.940. The number of urea groups is 1. The number of hydrogen-bond acceptors (Lipinski definition) is 3. The van der Waals surface area contributed by atoms with Crippen LogP contribution in [-0.4, -0.2) is 60.4 Å². The lowest BCUT2D eigenvalue weighted by atomic mass is 10.0. The third-order valence-electron chi connectivity index (χ3n) is 2.80. The van der Waals surface area contributed by atoms with Gasteiger partial charge in [0.15, 0.2) is 0 Å². The largest absolute Gasteiger partial charge is 0.479 e. The Kier molecular flexibility index (Phi) is 5.61. The Morgan fingerprint density at radius 1 is 1.32 bits per heavy atom. The number of carbonyl (C=O) groups is 2. The highest BCUT2D eigenvalue weighted by Crippen LogP contribution is 2.30. The van der Waals surface area contributed by atoms with Gasteiger partial charge in [0, 0.05) is 12.6 Å². The van der Waals surface area contributed by atoms with Crippen LogP contribution in [-0.2, 0) is 4.79 Å². The van der Waals surface area contributed by atoms with Gasteiger partial charge in [-0.05, 0) is 27.9 Å². The molecule has 0 rings (SSSR count). The smallest absolute Gasteiger partial charge is 0.422 e.